The number of hydrogen-bond acceptors (Lipinski definition) is 4. The smallest absolute Gasteiger partial charge is 0.292 e. The van der Waals surface area contributed by atoms with E-state index in [1.54, 1.807) is 6.20 Å². The molecule has 0 aromatic carbocycles. The van der Waals surface area contributed by atoms with Gasteiger partial charge in [0.25, 0.3) is 5.69 Å². The summed E-state index contributed by atoms with van der Waals surface area (Å²) in [7, 11) is 0. The second-order valence-corrected chi connectivity index (χ2v) is 5.09. The van der Waals surface area contributed by atoms with Crippen LogP contribution in [0, 0.1) is 10.1 Å². The van der Waals surface area contributed by atoms with Gasteiger partial charge in [0.1, 0.15) is 5.69 Å². The maximum absolute atomic E-state index is 11.1. The SMILES string of the molecule is CCNC(C)C(CC)c1ncc(Br)cc1[N+](=O)[O-]. The van der Waals surface area contributed by atoms with E-state index < -0.39 is 0 Å². The molecule has 1 N–H and O–H groups in total. The first-order valence-corrected chi connectivity index (χ1v) is 6.83. The third kappa shape index (κ3) is 3.49. The predicted molar refractivity (Wildman–Crippen MR) is 74.8 cm³/mol. The molecule has 0 aliphatic rings. The Bertz CT molecular complexity index is 426. The molecular weight excluding hydrogens is 298 g/mol. The van der Waals surface area contributed by atoms with Crippen molar-refractivity contribution in [2.75, 3.05) is 6.54 Å². The molecule has 0 aliphatic heterocycles. The number of halogens is 1. The fourth-order valence-electron chi connectivity index (χ4n) is 2.12. The number of rotatable bonds is 6. The van der Waals surface area contributed by atoms with Gasteiger partial charge in [-0.05, 0) is 35.8 Å². The Morgan fingerprint density at radius 3 is 2.72 bits per heavy atom. The second-order valence-electron chi connectivity index (χ2n) is 4.18. The summed E-state index contributed by atoms with van der Waals surface area (Å²) < 4.78 is 0.629. The molecule has 0 bridgehead atoms. The van der Waals surface area contributed by atoms with Crippen LogP contribution < -0.4 is 5.32 Å². The fourth-order valence-corrected chi connectivity index (χ4v) is 2.44. The van der Waals surface area contributed by atoms with Crippen molar-refractivity contribution in [1.82, 2.24) is 10.3 Å². The van der Waals surface area contributed by atoms with Crippen molar-refractivity contribution in [3.63, 3.8) is 0 Å². The maximum Gasteiger partial charge on any atom is 0.292 e. The largest absolute Gasteiger partial charge is 0.314 e. The lowest BCUT2D eigenvalue weighted by atomic mass is 9.93. The number of hydrogen-bond donors (Lipinski definition) is 1. The van der Waals surface area contributed by atoms with Crippen molar-refractivity contribution in [2.45, 2.75) is 39.2 Å². The molecule has 100 valence electrons. The van der Waals surface area contributed by atoms with Gasteiger partial charge in [0.15, 0.2) is 0 Å². The summed E-state index contributed by atoms with van der Waals surface area (Å²) >= 11 is 3.22. The quantitative estimate of drug-likeness (QED) is 0.646. The Labute approximate surface area is 115 Å². The van der Waals surface area contributed by atoms with Crippen LogP contribution in [-0.4, -0.2) is 22.5 Å². The van der Waals surface area contributed by atoms with Crippen LogP contribution in [0.1, 0.15) is 38.8 Å². The summed E-state index contributed by atoms with van der Waals surface area (Å²) in [6, 6.07) is 1.68. The monoisotopic (exact) mass is 315 g/mol. The highest BCUT2D eigenvalue weighted by atomic mass is 79.9. The van der Waals surface area contributed by atoms with Crippen LogP contribution in [-0.2, 0) is 0 Å². The molecule has 0 radical (unpaired) electrons. The van der Waals surface area contributed by atoms with E-state index in [9.17, 15) is 10.1 Å². The van der Waals surface area contributed by atoms with Crippen molar-refractivity contribution in [1.29, 1.82) is 0 Å². The van der Waals surface area contributed by atoms with Crippen LogP contribution in [0.5, 0.6) is 0 Å². The van der Waals surface area contributed by atoms with Crippen molar-refractivity contribution in [3.8, 4) is 0 Å². The third-order valence-electron chi connectivity index (χ3n) is 2.98. The lowest BCUT2D eigenvalue weighted by Crippen LogP contribution is -2.32. The van der Waals surface area contributed by atoms with Crippen LogP contribution in [0.25, 0.3) is 0 Å². The molecule has 1 rings (SSSR count). The molecule has 0 fully saturated rings. The topological polar surface area (TPSA) is 68.1 Å². The molecule has 1 heterocycles. The first-order valence-electron chi connectivity index (χ1n) is 6.04. The number of likely N-dealkylation sites (N-methyl/N-ethyl adjacent to an activating group) is 1. The summed E-state index contributed by atoms with van der Waals surface area (Å²) in [6.45, 7) is 6.91. The average molecular weight is 316 g/mol. The molecule has 2 unspecified atom stereocenters. The number of nitro groups is 1. The van der Waals surface area contributed by atoms with Crippen LogP contribution in [0.15, 0.2) is 16.7 Å². The zero-order valence-corrected chi connectivity index (χ0v) is 12.4. The molecular formula is C12H18BrN3O2. The zero-order valence-electron chi connectivity index (χ0n) is 10.8. The Kier molecular flexibility index (Phi) is 5.68. The molecule has 0 amide bonds. The lowest BCUT2D eigenvalue weighted by molar-refractivity contribution is -0.386. The molecule has 0 spiro atoms. The second kappa shape index (κ2) is 6.80. The minimum Gasteiger partial charge on any atom is -0.314 e. The highest BCUT2D eigenvalue weighted by Crippen LogP contribution is 2.31. The number of nitrogens with zero attached hydrogens (tertiary/aromatic N) is 2. The Hall–Kier alpha value is -1.01. The molecule has 0 saturated carbocycles. The number of nitrogens with one attached hydrogen (secondary N) is 1. The van der Waals surface area contributed by atoms with Gasteiger partial charge in [-0.25, -0.2) is 0 Å². The Morgan fingerprint density at radius 2 is 2.22 bits per heavy atom. The van der Waals surface area contributed by atoms with Gasteiger partial charge in [-0.1, -0.05) is 13.8 Å². The zero-order chi connectivity index (χ0) is 13.7. The maximum atomic E-state index is 11.1. The van der Waals surface area contributed by atoms with Gasteiger partial charge >= 0.3 is 0 Å². The van der Waals surface area contributed by atoms with Crippen LogP contribution in [0.4, 0.5) is 5.69 Å². The fraction of sp³-hybridized carbons (Fsp3) is 0.583. The average Bonchev–Trinajstić information content (AvgIpc) is 2.32. The van der Waals surface area contributed by atoms with Gasteiger partial charge in [0.2, 0.25) is 0 Å². The van der Waals surface area contributed by atoms with E-state index in [-0.39, 0.29) is 22.6 Å². The van der Waals surface area contributed by atoms with Crippen molar-refractivity contribution in [3.05, 3.63) is 32.5 Å². The Balaban J connectivity index is 3.16. The first-order chi connectivity index (χ1) is 8.51. The van der Waals surface area contributed by atoms with Gasteiger partial charge in [0.05, 0.1) is 4.92 Å². The summed E-state index contributed by atoms with van der Waals surface area (Å²) in [5.74, 6) is 0.0402. The number of pyridine rings is 1. The van der Waals surface area contributed by atoms with E-state index in [1.165, 1.54) is 6.07 Å². The van der Waals surface area contributed by atoms with Gasteiger partial charge in [-0.15, -0.1) is 0 Å². The molecule has 1 aromatic rings. The van der Waals surface area contributed by atoms with Crippen LogP contribution in [0.3, 0.4) is 0 Å². The molecule has 5 nitrogen and oxygen atoms in total. The minimum atomic E-state index is -0.367. The van der Waals surface area contributed by atoms with E-state index in [4.69, 9.17) is 0 Å². The predicted octanol–water partition coefficient (Wildman–Crippen LogP) is 3.24. The van der Waals surface area contributed by atoms with Gasteiger partial charge in [0, 0.05) is 28.7 Å². The first kappa shape index (κ1) is 15.0. The van der Waals surface area contributed by atoms with Crippen molar-refractivity contribution in [2.24, 2.45) is 0 Å². The van der Waals surface area contributed by atoms with E-state index in [2.05, 4.69) is 26.2 Å². The normalized spacial score (nSPS) is 14.2. The van der Waals surface area contributed by atoms with Gasteiger partial charge in [-0.2, -0.15) is 0 Å². The van der Waals surface area contributed by atoms with Gasteiger partial charge < -0.3 is 5.32 Å². The van der Waals surface area contributed by atoms with E-state index in [1.807, 2.05) is 20.8 Å². The molecule has 2 atom stereocenters. The summed E-state index contributed by atoms with van der Waals surface area (Å²) in [5, 5.41) is 14.4. The summed E-state index contributed by atoms with van der Waals surface area (Å²) in [6.07, 6.45) is 2.42. The lowest BCUT2D eigenvalue weighted by Gasteiger charge is -2.22. The highest BCUT2D eigenvalue weighted by Gasteiger charge is 2.26. The van der Waals surface area contributed by atoms with E-state index in [0.29, 0.717) is 10.2 Å². The molecule has 6 heteroatoms. The van der Waals surface area contributed by atoms with E-state index >= 15 is 0 Å². The Morgan fingerprint density at radius 1 is 1.56 bits per heavy atom. The summed E-state index contributed by atoms with van der Waals surface area (Å²) in [5.41, 5.74) is 0.639. The van der Waals surface area contributed by atoms with Gasteiger partial charge in [-0.3, -0.25) is 15.1 Å². The van der Waals surface area contributed by atoms with Crippen molar-refractivity contribution >= 4 is 21.6 Å². The highest BCUT2D eigenvalue weighted by molar-refractivity contribution is 9.10. The van der Waals surface area contributed by atoms with E-state index in [0.717, 1.165) is 13.0 Å². The third-order valence-corrected chi connectivity index (χ3v) is 3.42. The molecule has 18 heavy (non-hydrogen) atoms. The molecule has 1 aromatic heterocycles. The number of aromatic nitrogens is 1. The summed E-state index contributed by atoms with van der Waals surface area (Å²) in [4.78, 5) is 15.0. The van der Waals surface area contributed by atoms with Crippen LogP contribution in [0.2, 0.25) is 0 Å². The standard InChI is InChI=1S/C12H18BrN3O2/c1-4-10(8(3)14-5-2)12-11(16(17)18)6-9(13)7-15-12/h6-8,10,14H,4-5H2,1-3H3. The molecule has 0 saturated heterocycles. The van der Waals surface area contributed by atoms with Crippen molar-refractivity contribution < 1.29 is 4.92 Å². The van der Waals surface area contributed by atoms with Crippen LogP contribution >= 0.6 is 15.9 Å². The minimum absolute atomic E-state index is 0.0402. The molecule has 0 aliphatic carbocycles.